The molecule has 1 aliphatic rings. The molecule has 1 N–H and O–H groups in total. The van der Waals surface area contributed by atoms with E-state index in [0.29, 0.717) is 13.2 Å². The van der Waals surface area contributed by atoms with Gasteiger partial charge in [0.25, 0.3) is 5.91 Å². The summed E-state index contributed by atoms with van der Waals surface area (Å²) in [6.07, 6.45) is 0.223. The van der Waals surface area contributed by atoms with Gasteiger partial charge < -0.3 is 14.7 Å². The number of fused-ring (bicyclic) bond motifs is 1. The topological polar surface area (TPSA) is 49.8 Å². The van der Waals surface area contributed by atoms with Gasteiger partial charge in [-0.2, -0.15) is 0 Å². The third-order valence-corrected chi connectivity index (χ3v) is 4.32. The lowest BCUT2D eigenvalue weighted by Crippen LogP contribution is -2.45. The minimum atomic E-state index is -0.974. The van der Waals surface area contributed by atoms with Crippen LogP contribution in [0.3, 0.4) is 0 Å². The Bertz CT molecular complexity index is 721. The number of hydrogen-bond acceptors (Lipinski definition) is 3. The first-order valence-corrected chi connectivity index (χ1v) is 8.68. The summed E-state index contributed by atoms with van der Waals surface area (Å²) in [5, 5.41) is 10.3. The fourth-order valence-corrected chi connectivity index (χ4v) is 3.25. The van der Waals surface area contributed by atoms with Crippen LogP contribution in [0.4, 0.5) is 0 Å². The van der Waals surface area contributed by atoms with Crippen LogP contribution in [-0.4, -0.2) is 34.7 Å². The van der Waals surface area contributed by atoms with E-state index in [1.54, 1.807) is 18.7 Å². The standard InChI is InChI=1S/C21H25NO3/c1-21(2,24)15-22(14-16-8-4-3-5-9-16)20(23)19-18-11-7-6-10-17(18)12-13-25-19/h3-11,19,24H,12-15H2,1-2H3. The molecule has 0 bridgehead atoms. The molecule has 0 fully saturated rings. The summed E-state index contributed by atoms with van der Waals surface area (Å²) in [4.78, 5) is 14.9. The summed E-state index contributed by atoms with van der Waals surface area (Å²) in [6, 6.07) is 17.8. The van der Waals surface area contributed by atoms with Gasteiger partial charge in [-0.3, -0.25) is 4.79 Å². The number of benzene rings is 2. The second-order valence-corrected chi connectivity index (χ2v) is 7.19. The zero-order chi connectivity index (χ0) is 17.9. The number of hydrogen-bond donors (Lipinski definition) is 1. The van der Waals surface area contributed by atoms with Gasteiger partial charge in [-0.25, -0.2) is 0 Å². The highest BCUT2D eigenvalue weighted by Gasteiger charge is 2.33. The maximum Gasteiger partial charge on any atom is 0.256 e. The van der Waals surface area contributed by atoms with Crippen molar-refractivity contribution in [3.63, 3.8) is 0 Å². The Balaban J connectivity index is 1.86. The van der Waals surface area contributed by atoms with Crippen LogP contribution < -0.4 is 0 Å². The quantitative estimate of drug-likeness (QED) is 0.911. The first-order chi connectivity index (χ1) is 11.9. The Morgan fingerprint density at radius 2 is 1.84 bits per heavy atom. The summed E-state index contributed by atoms with van der Waals surface area (Å²) < 4.78 is 5.83. The Morgan fingerprint density at radius 3 is 2.56 bits per heavy atom. The molecule has 0 saturated carbocycles. The minimum absolute atomic E-state index is 0.0990. The Hall–Kier alpha value is -2.17. The van der Waals surface area contributed by atoms with Crippen LogP contribution in [0.1, 0.15) is 36.6 Å². The summed E-state index contributed by atoms with van der Waals surface area (Å²) in [5.41, 5.74) is 2.16. The number of nitrogens with zero attached hydrogens (tertiary/aromatic N) is 1. The molecule has 0 saturated heterocycles. The van der Waals surface area contributed by atoms with Crippen molar-refractivity contribution in [2.24, 2.45) is 0 Å². The van der Waals surface area contributed by atoms with E-state index in [1.165, 1.54) is 0 Å². The molecule has 4 heteroatoms. The van der Waals surface area contributed by atoms with E-state index in [0.717, 1.165) is 23.1 Å². The van der Waals surface area contributed by atoms with E-state index >= 15 is 0 Å². The van der Waals surface area contributed by atoms with Gasteiger partial charge in [0.2, 0.25) is 0 Å². The molecule has 1 atom stereocenters. The van der Waals surface area contributed by atoms with Crippen molar-refractivity contribution < 1.29 is 14.6 Å². The van der Waals surface area contributed by atoms with Gasteiger partial charge in [-0.1, -0.05) is 54.6 Å². The van der Waals surface area contributed by atoms with Crippen molar-refractivity contribution >= 4 is 5.91 Å². The summed E-state index contributed by atoms with van der Waals surface area (Å²) >= 11 is 0. The van der Waals surface area contributed by atoms with E-state index in [2.05, 4.69) is 6.07 Å². The summed E-state index contributed by atoms with van der Waals surface area (Å²) in [6.45, 7) is 4.67. The van der Waals surface area contributed by atoms with Crippen LogP contribution in [0.15, 0.2) is 54.6 Å². The van der Waals surface area contributed by atoms with Crippen LogP contribution in [0, 0.1) is 0 Å². The average Bonchev–Trinajstić information content (AvgIpc) is 2.60. The van der Waals surface area contributed by atoms with E-state index in [-0.39, 0.29) is 12.5 Å². The fraction of sp³-hybridized carbons (Fsp3) is 0.381. The molecule has 3 rings (SSSR count). The number of carbonyl (C=O) groups excluding carboxylic acids is 1. The number of amides is 1. The molecule has 2 aromatic carbocycles. The second kappa shape index (κ2) is 7.38. The van der Waals surface area contributed by atoms with Gasteiger partial charge >= 0.3 is 0 Å². The fourth-order valence-electron chi connectivity index (χ4n) is 3.25. The maximum atomic E-state index is 13.2. The predicted octanol–water partition coefficient (Wildman–Crippen LogP) is 3.10. The van der Waals surface area contributed by atoms with Crippen molar-refractivity contribution in [1.29, 1.82) is 0 Å². The molecular weight excluding hydrogens is 314 g/mol. The highest BCUT2D eigenvalue weighted by atomic mass is 16.5. The molecule has 1 heterocycles. The van der Waals surface area contributed by atoms with Crippen molar-refractivity contribution in [3.8, 4) is 0 Å². The zero-order valence-electron chi connectivity index (χ0n) is 14.8. The largest absolute Gasteiger partial charge is 0.389 e. The van der Waals surface area contributed by atoms with Crippen LogP contribution in [0.25, 0.3) is 0 Å². The van der Waals surface area contributed by atoms with Gasteiger partial charge in [0.15, 0.2) is 6.10 Å². The lowest BCUT2D eigenvalue weighted by molar-refractivity contribution is -0.148. The first kappa shape index (κ1) is 17.6. The summed E-state index contributed by atoms with van der Waals surface area (Å²) in [7, 11) is 0. The Morgan fingerprint density at radius 1 is 1.16 bits per heavy atom. The maximum absolute atomic E-state index is 13.2. The third-order valence-electron chi connectivity index (χ3n) is 4.32. The minimum Gasteiger partial charge on any atom is -0.389 e. The monoisotopic (exact) mass is 339 g/mol. The van der Waals surface area contributed by atoms with Crippen LogP contribution in [-0.2, 0) is 22.5 Å². The van der Waals surface area contributed by atoms with Crippen molar-refractivity contribution in [1.82, 2.24) is 4.90 Å². The predicted molar refractivity (Wildman–Crippen MR) is 97.0 cm³/mol. The molecule has 4 nitrogen and oxygen atoms in total. The van der Waals surface area contributed by atoms with Crippen molar-refractivity contribution in [3.05, 3.63) is 71.3 Å². The van der Waals surface area contributed by atoms with Crippen molar-refractivity contribution in [2.45, 2.75) is 38.5 Å². The first-order valence-electron chi connectivity index (χ1n) is 8.68. The smallest absolute Gasteiger partial charge is 0.256 e. The van der Waals surface area contributed by atoms with E-state index < -0.39 is 11.7 Å². The highest BCUT2D eigenvalue weighted by molar-refractivity contribution is 5.83. The van der Waals surface area contributed by atoms with E-state index in [9.17, 15) is 9.90 Å². The summed E-state index contributed by atoms with van der Waals surface area (Å²) in [5.74, 6) is -0.0990. The van der Waals surface area contributed by atoms with Gasteiger partial charge in [0.05, 0.1) is 12.2 Å². The second-order valence-electron chi connectivity index (χ2n) is 7.19. The molecule has 0 aliphatic carbocycles. The van der Waals surface area contributed by atoms with Gasteiger partial charge in [-0.05, 0) is 37.0 Å². The zero-order valence-corrected chi connectivity index (χ0v) is 14.8. The molecule has 1 unspecified atom stereocenters. The molecular formula is C21H25NO3. The molecule has 1 amide bonds. The molecule has 2 aromatic rings. The Kier molecular flexibility index (Phi) is 5.21. The molecule has 0 aromatic heterocycles. The average molecular weight is 339 g/mol. The number of carbonyl (C=O) groups is 1. The normalized spacial score (nSPS) is 17.0. The van der Waals surface area contributed by atoms with E-state index in [4.69, 9.17) is 4.74 Å². The molecule has 132 valence electrons. The number of rotatable bonds is 5. The molecule has 25 heavy (non-hydrogen) atoms. The number of aliphatic hydroxyl groups is 1. The molecule has 0 spiro atoms. The van der Waals surface area contributed by atoms with Crippen LogP contribution in [0.5, 0.6) is 0 Å². The van der Waals surface area contributed by atoms with Crippen molar-refractivity contribution in [2.75, 3.05) is 13.2 Å². The lowest BCUT2D eigenvalue weighted by Gasteiger charge is -2.34. The van der Waals surface area contributed by atoms with Crippen LogP contribution >= 0.6 is 0 Å². The lowest BCUT2D eigenvalue weighted by atomic mass is 9.96. The Labute approximate surface area is 149 Å². The van der Waals surface area contributed by atoms with E-state index in [1.807, 2.05) is 48.5 Å². The molecule has 0 radical (unpaired) electrons. The van der Waals surface area contributed by atoms with Gasteiger partial charge in [-0.15, -0.1) is 0 Å². The van der Waals surface area contributed by atoms with Gasteiger partial charge in [0, 0.05) is 13.1 Å². The SMILES string of the molecule is CC(C)(O)CN(Cc1ccccc1)C(=O)C1OCCc2ccccc21. The third kappa shape index (κ3) is 4.47. The molecule has 1 aliphatic heterocycles. The highest BCUT2D eigenvalue weighted by Crippen LogP contribution is 2.29. The van der Waals surface area contributed by atoms with Gasteiger partial charge in [0.1, 0.15) is 0 Å². The number of ether oxygens (including phenoxy) is 1. The van der Waals surface area contributed by atoms with Crippen LogP contribution in [0.2, 0.25) is 0 Å².